The Labute approximate surface area is 209 Å². The molecular formula is C25H38IN5O. The summed E-state index contributed by atoms with van der Waals surface area (Å²) >= 11 is 0. The van der Waals surface area contributed by atoms with Gasteiger partial charge in [-0.25, -0.2) is 4.98 Å². The van der Waals surface area contributed by atoms with Gasteiger partial charge in [-0.2, -0.15) is 0 Å². The molecule has 1 saturated carbocycles. The number of aliphatic imine (C=N–C) groups is 1. The highest BCUT2D eigenvalue weighted by Gasteiger charge is 2.24. The molecule has 2 aromatic rings. The van der Waals surface area contributed by atoms with Gasteiger partial charge in [0.2, 0.25) is 0 Å². The third-order valence-corrected chi connectivity index (χ3v) is 6.68. The van der Waals surface area contributed by atoms with Crippen LogP contribution in [0.2, 0.25) is 0 Å². The number of likely N-dealkylation sites (tertiary alicyclic amines) is 1. The lowest BCUT2D eigenvalue weighted by atomic mass is 10.1. The number of pyridine rings is 1. The number of ether oxygens (including phenoxy) is 1. The Morgan fingerprint density at radius 1 is 1.16 bits per heavy atom. The van der Waals surface area contributed by atoms with Crippen molar-refractivity contribution in [3.63, 3.8) is 0 Å². The molecule has 32 heavy (non-hydrogen) atoms. The van der Waals surface area contributed by atoms with E-state index in [1.807, 2.05) is 27.2 Å². The maximum atomic E-state index is 6.24. The summed E-state index contributed by atoms with van der Waals surface area (Å²) in [6.45, 7) is 3.68. The molecule has 1 N–H and O–H groups in total. The molecule has 1 aliphatic carbocycles. The second kappa shape index (κ2) is 12.0. The lowest BCUT2D eigenvalue weighted by Crippen LogP contribution is -2.46. The Morgan fingerprint density at radius 3 is 2.56 bits per heavy atom. The first-order valence-corrected chi connectivity index (χ1v) is 11.8. The number of rotatable bonds is 6. The number of hydrogen-bond donors (Lipinski definition) is 1. The zero-order valence-electron chi connectivity index (χ0n) is 19.7. The molecule has 0 radical (unpaired) electrons. The summed E-state index contributed by atoms with van der Waals surface area (Å²) in [5.74, 6) is 2.75. The Balaban J connectivity index is 0.00000289. The Hall–Kier alpha value is -1.61. The van der Waals surface area contributed by atoms with Crippen LogP contribution in [-0.4, -0.2) is 62.8 Å². The minimum Gasteiger partial charge on any atom is -0.378 e. The van der Waals surface area contributed by atoms with Gasteiger partial charge in [0.25, 0.3) is 0 Å². The Kier molecular flexibility index (Phi) is 9.40. The maximum absolute atomic E-state index is 6.24. The van der Waals surface area contributed by atoms with Gasteiger partial charge in [-0.3, -0.25) is 4.99 Å². The summed E-state index contributed by atoms with van der Waals surface area (Å²) in [6, 6.07) is 10.5. The van der Waals surface area contributed by atoms with Crippen LogP contribution in [0, 0.1) is 5.92 Å². The predicted octanol–water partition coefficient (Wildman–Crippen LogP) is 4.67. The van der Waals surface area contributed by atoms with Crippen molar-refractivity contribution in [1.29, 1.82) is 0 Å². The highest BCUT2D eigenvalue weighted by molar-refractivity contribution is 14.0. The number of aromatic nitrogens is 1. The molecule has 7 heteroatoms. The fraction of sp³-hybridized carbons (Fsp3) is 0.600. The zero-order valence-corrected chi connectivity index (χ0v) is 22.0. The fourth-order valence-corrected chi connectivity index (χ4v) is 4.80. The van der Waals surface area contributed by atoms with Gasteiger partial charge in [0.05, 0.1) is 11.6 Å². The number of para-hydroxylation sites is 1. The third kappa shape index (κ3) is 6.25. The summed E-state index contributed by atoms with van der Waals surface area (Å²) in [7, 11) is 5.94. The van der Waals surface area contributed by atoms with Crippen LogP contribution in [-0.2, 0) is 11.3 Å². The molecule has 1 saturated heterocycles. The topological polar surface area (TPSA) is 53.0 Å². The number of anilines is 1. The number of halogens is 1. The number of nitrogens with zero attached hydrogens (tertiary/aromatic N) is 4. The molecule has 0 bridgehead atoms. The number of benzene rings is 1. The second-order valence-electron chi connectivity index (χ2n) is 9.12. The van der Waals surface area contributed by atoms with Crippen molar-refractivity contribution in [3.8, 4) is 0 Å². The van der Waals surface area contributed by atoms with Crippen LogP contribution >= 0.6 is 24.0 Å². The van der Waals surface area contributed by atoms with E-state index in [9.17, 15) is 0 Å². The van der Waals surface area contributed by atoms with Gasteiger partial charge in [-0.15, -0.1) is 24.0 Å². The van der Waals surface area contributed by atoms with Crippen LogP contribution in [0.15, 0.2) is 35.3 Å². The number of fused-ring (bicyclic) bond motifs is 1. The van der Waals surface area contributed by atoms with Crippen molar-refractivity contribution in [2.45, 2.75) is 51.2 Å². The van der Waals surface area contributed by atoms with E-state index >= 15 is 0 Å². The molecule has 0 atom stereocenters. The lowest BCUT2D eigenvalue weighted by Gasteiger charge is -2.34. The van der Waals surface area contributed by atoms with E-state index < -0.39 is 0 Å². The molecule has 176 valence electrons. The summed E-state index contributed by atoms with van der Waals surface area (Å²) in [5, 5.41) is 4.78. The average molecular weight is 552 g/mol. The van der Waals surface area contributed by atoms with E-state index in [0.717, 1.165) is 62.3 Å². The van der Waals surface area contributed by atoms with E-state index in [-0.39, 0.29) is 24.0 Å². The predicted molar refractivity (Wildman–Crippen MR) is 144 cm³/mol. The first kappa shape index (κ1) is 25.0. The number of piperidine rings is 1. The molecule has 2 heterocycles. The largest absolute Gasteiger partial charge is 0.378 e. The minimum atomic E-state index is 0. The molecule has 1 aromatic carbocycles. The van der Waals surface area contributed by atoms with E-state index in [2.05, 4.69) is 44.4 Å². The molecule has 0 amide bonds. The molecule has 4 rings (SSSR count). The quantitative estimate of drug-likeness (QED) is 0.322. The molecule has 0 unspecified atom stereocenters. The van der Waals surface area contributed by atoms with Gasteiger partial charge in [-0.1, -0.05) is 31.0 Å². The minimum absolute atomic E-state index is 0. The normalized spacial score (nSPS) is 18.1. The van der Waals surface area contributed by atoms with Crippen molar-refractivity contribution >= 4 is 46.7 Å². The van der Waals surface area contributed by atoms with Crippen LogP contribution in [0.1, 0.15) is 44.1 Å². The van der Waals surface area contributed by atoms with Gasteiger partial charge >= 0.3 is 0 Å². The molecule has 1 aliphatic heterocycles. The molecule has 2 aliphatic rings. The first-order chi connectivity index (χ1) is 15.1. The number of guanidine groups is 1. The van der Waals surface area contributed by atoms with Gasteiger partial charge < -0.3 is 19.9 Å². The maximum Gasteiger partial charge on any atom is 0.193 e. The summed E-state index contributed by atoms with van der Waals surface area (Å²) < 4.78 is 6.24. The van der Waals surface area contributed by atoms with Crippen LogP contribution in [0.5, 0.6) is 0 Å². The van der Waals surface area contributed by atoms with Crippen molar-refractivity contribution in [3.05, 3.63) is 35.9 Å². The molecule has 0 spiro atoms. The van der Waals surface area contributed by atoms with E-state index in [0.29, 0.717) is 6.10 Å². The van der Waals surface area contributed by atoms with Crippen LogP contribution in [0.4, 0.5) is 5.82 Å². The summed E-state index contributed by atoms with van der Waals surface area (Å²) in [6.07, 6.45) is 8.05. The number of nitrogens with one attached hydrogen (secondary N) is 1. The van der Waals surface area contributed by atoms with Crippen LogP contribution < -0.4 is 10.2 Å². The average Bonchev–Trinajstić information content (AvgIpc) is 3.32. The monoisotopic (exact) mass is 551 g/mol. The van der Waals surface area contributed by atoms with E-state index in [4.69, 9.17) is 9.72 Å². The second-order valence-corrected chi connectivity index (χ2v) is 9.12. The molecule has 6 nitrogen and oxygen atoms in total. The first-order valence-electron chi connectivity index (χ1n) is 11.8. The zero-order chi connectivity index (χ0) is 21.6. The molecule has 2 fully saturated rings. The Bertz CT molecular complexity index is 889. The van der Waals surface area contributed by atoms with E-state index in [1.54, 1.807) is 0 Å². The fourth-order valence-electron chi connectivity index (χ4n) is 4.80. The van der Waals surface area contributed by atoms with Crippen LogP contribution in [0.3, 0.4) is 0 Å². The summed E-state index contributed by atoms with van der Waals surface area (Å²) in [5.41, 5.74) is 2.27. The SMILES string of the molecule is CN=C(NCc1cc(N(C)C)nc2ccccc12)N1CCC(OCC2CCCC2)CC1.I. The lowest BCUT2D eigenvalue weighted by molar-refractivity contribution is 0.00101. The highest BCUT2D eigenvalue weighted by atomic mass is 127. The van der Waals surface area contributed by atoms with E-state index in [1.165, 1.54) is 36.6 Å². The third-order valence-electron chi connectivity index (χ3n) is 6.68. The van der Waals surface area contributed by atoms with Gasteiger partial charge in [-0.05, 0) is 49.3 Å². The van der Waals surface area contributed by atoms with Gasteiger partial charge in [0.15, 0.2) is 5.96 Å². The number of hydrogen-bond acceptors (Lipinski definition) is 4. The van der Waals surface area contributed by atoms with Gasteiger partial charge in [0, 0.05) is 52.8 Å². The smallest absolute Gasteiger partial charge is 0.193 e. The van der Waals surface area contributed by atoms with Crippen molar-refractivity contribution in [2.75, 3.05) is 45.7 Å². The summed E-state index contributed by atoms with van der Waals surface area (Å²) in [4.78, 5) is 13.8. The van der Waals surface area contributed by atoms with Crippen LogP contribution in [0.25, 0.3) is 10.9 Å². The molecule has 1 aromatic heterocycles. The highest BCUT2D eigenvalue weighted by Crippen LogP contribution is 2.26. The standard InChI is InChI=1S/C25H37N5O.HI/c1-26-25(30-14-12-21(13-15-30)31-18-19-8-4-5-9-19)27-17-20-16-24(29(2)3)28-23-11-7-6-10-22(20)23;/h6-7,10-11,16,19,21H,4-5,8-9,12-15,17-18H2,1-3H3,(H,26,27);1H. The Morgan fingerprint density at radius 2 is 1.88 bits per heavy atom. The van der Waals surface area contributed by atoms with Crippen molar-refractivity contribution < 1.29 is 4.74 Å². The van der Waals surface area contributed by atoms with Crippen molar-refractivity contribution in [1.82, 2.24) is 15.2 Å². The molecular weight excluding hydrogens is 513 g/mol. The van der Waals surface area contributed by atoms with Crippen molar-refractivity contribution in [2.24, 2.45) is 10.9 Å². The van der Waals surface area contributed by atoms with Gasteiger partial charge in [0.1, 0.15) is 5.82 Å².